The molecule has 0 aromatic heterocycles. The molecule has 2 rings (SSSR count). The van der Waals surface area contributed by atoms with Gasteiger partial charge in [0.2, 0.25) is 0 Å². The second-order valence-electron chi connectivity index (χ2n) is 4.56. The number of nitrogens with zero attached hydrogens (tertiary/aromatic N) is 2. The monoisotopic (exact) mass is 194 g/mol. The normalized spacial score (nSPS) is 26.2. The van der Waals surface area contributed by atoms with Gasteiger partial charge in [-0.3, -0.25) is 4.99 Å². The van der Waals surface area contributed by atoms with Crippen LogP contribution < -0.4 is 0 Å². The van der Waals surface area contributed by atoms with Crippen LogP contribution in [0, 0.1) is 5.92 Å². The van der Waals surface area contributed by atoms with Crippen LogP contribution in [0.15, 0.2) is 4.99 Å². The Kier molecular flexibility index (Phi) is 3.44. The lowest BCUT2D eigenvalue weighted by molar-refractivity contribution is 0.427. The summed E-state index contributed by atoms with van der Waals surface area (Å²) in [4.78, 5) is 7.21. The first kappa shape index (κ1) is 10.0. The molecule has 0 aliphatic carbocycles. The molecule has 0 saturated carbocycles. The number of hydrogen-bond donors (Lipinski definition) is 0. The Bertz CT molecular complexity index is 210. The average Bonchev–Trinajstić information content (AvgIpc) is 2.63. The van der Waals surface area contributed by atoms with Crippen molar-refractivity contribution in [3.8, 4) is 0 Å². The SMILES string of the molecule is CCCCCC1CCN2CCCN=C12. The van der Waals surface area contributed by atoms with E-state index in [1.54, 1.807) is 0 Å². The van der Waals surface area contributed by atoms with E-state index in [-0.39, 0.29) is 0 Å². The van der Waals surface area contributed by atoms with Gasteiger partial charge in [-0.05, 0) is 19.3 Å². The quantitative estimate of drug-likeness (QED) is 0.628. The van der Waals surface area contributed by atoms with E-state index >= 15 is 0 Å². The smallest absolute Gasteiger partial charge is 0.102 e. The zero-order valence-corrected chi connectivity index (χ0v) is 9.34. The molecule has 0 N–H and O–H groups in total. The predicted molar refractivity (Wildman–Crippen MR) is 60.7 cm³/mol. The van der Waals surface area contributed by atoms with E-state index in [2.05, 4.69) is 11.8 Å². The lowest BCUT2D eigenvalue weighted by Gasteiger charge is -2.24. The second-order valence-corrected chi connectivity index (χ2v) is 4.56. The summed E-state index contributed by atoms with van der Waals surface area (Å²) in [7, 11) is 0. The maximum absolute atomic E-state index is 4.69. The molecule has 0 bridgehead atoms. The third-order valence-corrected chi connectivity index (χ3v) is 3.45. The van der Waals surface area contributed by atoms with Crippen LogP contribution in [0.1, 0.15) is 45.4 Å². The summed E-state index contributed by atoms with van der Waals surface area (Å²) in [6.45, 7) is 5.90. The van der Waals surface area contributed by atoms with Crippen molar-refractivity contribution in [1.82, 2.24) is 4.90 Å². The zero-order valence-electron chi connectivity index (χ0n) is 9.34. The zero-order chi connectivity index (χ0) is 9.80. The van der Waals surface area contributed by atoms with Crippen LogP contribution in [0.3, 0.4) is 0 Å². The topological polar surface area (TPSA) is 15.6 Å². The summed E-state index contributed by atoms with van der Waals surface area (Å²) in [5, 5.41) is 0. The van der Waals surface area contributed by atoms with Gasteiger partial charge in [-0.2, -0.15) is 0 Å². The highest BCUT2D eigenvalue weighted by Gasteiger charge is 2.29. The molecule has 0 spiro atoms. The Labute approximate surface area is 87.4 Å². The summed E-state index contributed by atoms with van der Waals surface area (Å²) in [5.74, 6) is 2.26. The third-order valence-electron chi connectivity index (χ3n) is 3.45. The molecule has 2 heteroatoms. The number of rotatable bonds is 4. The first-order chi connectivity index (χ1) is 6.92. The fraction of sp³-hybridized carbons (Fsp3) is 0.917. The molecule has 14 heavy (non-hydrogen) atoms. The highest BCUT2D eigenvalue weighted by Crippen LogP contribution is 2.26. The van der Waals surface area contributed by atoms with Crippen molar-refractivity contribution in [3.63, 3.8) is 0 Å². The molecule has 2 heterocycles. The summed E-state index contributed by atoms with van der Waals surface area (Å²) >= 11 is 0. The fourth-order valence-electron chi connectivity index (χ4n) is 2.64. The molecule has 0 amide bonds. The Morgan fingerprint density at radius 2 is 2.29 bits per heavy atom. The molecule has 2 nitrogen and oxygen atoms in total. The van der Waals surface area contributed by atoms with Crippen LogP contribution >= 0.6 is 0 Å². The number of hydrogen-bond acceptors (Lipinski definition) is 2. The highest BCUT2D eigenvalue weighted by molar-refractivity contribution is 5.86. The van der Waals surface area contributed by atoms with E-state index in [1.807, 2.05) is 0 Å². The molecular weight excluding hydrogens is 172 g/mol. The standard InChI is InChI=1S/C12H22N2/c1-2-3-4-6-11-7-10-14-9-5-8-13-12(11)14/h11H,2-10H2,1H3. The van der Waals surface area contributed by atoms with E-state index < -0.39 is 0 Å². The number of aliphatic imine (C=N–C) groups is 1. The van der Waals surface area contributed by atoms with Crippen LogP contribution in [0.4, 0.5) is 0 Å². The van der Waals surface area contributed by atoms with Gasteiger partial charge in [-0.25, -0.2) is 0 Å². The van der Waals surface area contributed by atoms with Crippen molar-refractivity contribution in [3.05, 3.63) is 0 Å². The van der Waals surface area contributed by atoms with Crippen LogP contribution in [-0.2, 0) is 0 Å². The lowest BCUT2D eigenvalue weighted by atomic mass is 9.99. The first-order valence-corrected chi connectivity index (χ1v) is 6.21. The molecule has 80 valence electrons. The minimum atomic E-state index is 0.807. The molecular formula is C12H22N2. The van der Waals surface area contributed by atoms with Crippen LogP contribution in [0.2, 0.25) is 0 Å². The van der Waals surface area contributed by atoms with Crippen molar-refractivity contribution < 1.29 is 0 Å². The minimum Gasteiger partial charge on any atom is -0.360 e. The van der Waals surface area contributed by atoms with Gasteiger partial charge in [-0.15, -0.1) is 0 Å². The Morgan fingerprint density at radius 3 is 3.14 bits per heavy atom. The highest BCUT2D eigenvalue weighted by atomic mass is 15.2. The largest absolute Gasteiger partial charge is 0.360 e. The Hall–Kier alpha value is -0.530. The van der Waals surface area contributed by atoms with E-state index in [4.69, 9.17) is 4.99 Å². The fourth-order valence-corrected chi connectivity index (χ4v) is 2.64. The van der Waals surface area contributed by atoms with Gasteiger partial charge in [0.05, 0.1) is 0 Å². The second kappa shape index (κ2) is 4.81. The lowest BCUT2D eigenvalue weighted by Crippen LogP contribution is -2.32. The van der Waals surface area contributed by atoms with Gasteiger partial charge < -0.3 is 4.90 Å². The minimum absolute atomic E-state index is 0.807. The number of unbranched alkanes of at least 4 members (excludes halogenated alkanes) is 2. The van der Waals surface area contributed by atoms with Crippen molar-refractivity contribution in [2.24, 2.45) is 10.9 Å². The van der Waals surface area contributed by atoms with Crippen molar-refractivity contribution in [2.75, 3.05) is 19.6 Å². The van der Waals surface area contributed by atoms with Crippen LogP contribution in [0.25, 0.3) is 0 Å². The molecule has 0 aromatic carbocycles. The molecule has 0 aromatic rings. The van der Waals surface area contributed by atoms with Gasteiger partial charge in [0.1, 0.15) is 5.84 Å². The molecule has 1 fully saturated rings. The first-order valence-electron chi connectivity index (χ1n) is 6.21. The summed E-state index contributed by atoms with van der Waals surface area (Å²) in [6.07, 6.45) is 8.14. The van der Waals surface area contributed by atoms with E-state index in [1.165, 1.54) is 57.5 Å². The third kappa shape index (κ3) is 2.10. The Morgan fingerprint density at radius 1 is 1.36 bits per heavy atom. The number of amidine groups is 1. The molecule has 2 aliphatic rings. The van der Waals surface area contributed by atoms with Gasteiger partial charge in [0, 0.05) is 25.6 Å². The number of fused-ring (bicyclic) bond motifs is 1. The molecule has 1 atom stereocenters. The van der Waals surface area contributed by atoms with E-state index in [9.17, 15) is 0 Å². The summed E-state index contributed by atoms with van der Waals surface area (Å²) < 4.78 is 0. The van der Waals surface area contributed by atoms with Crippen molar-refractivity contribution >= 4 is 5.84 Å². The van der Waals surface area contributed by atoms with Gasteiger partial charge >= 0.3 is 0 Å². The van der Waals surface area contributed by atoms with E-state index in [0.717, 1.165) is 12.5 Å². The summed E-state index contributed by atoms with van der Waals surface area (Å²) in [5.41, 5.74) is 0. The Balaban J connectivity index is 1.84. The van der Waals surface area contributed by atoms with E-state index in [0.29, 0.717) is 0 Å². The van der Waals surface area contributed by atoms with Gasteiger partial charge in [-0.1, -0.05) is 26.2 Å². The average molecular weight is 194 g/mol. The molecule has 0 radical (unpaired) electrons. The molecule has 2 aliphatic heterocycles. The van der Waals surface area contributed by atoms with Crippen LogP contribution in [-0.4, -0.2) is 30.4 Å². The summed E-state index contributed by atoms with van der Waals surface area (Å²) in [6, 6.07) is 0. The maximum atomic E-state index is 4.69. The maximum Gasteiger partial charge on any atom is 0.102 e. The molecule has 1 saturated heterocycles. The van der Waals surface area contributed by atoms with Gasteiger partial charge in [0.15, 0.2) is 0 Å². The van der Waals surface area contributed by atoms with Crippen LogP contribution in [0.5, 0.6) is 0 Å². The van der Waals surface area contributed by atoms with Gasteiger partial charge in [0.25, 0.3) is 0 Å². The molecule has 1 unspecified atom stereocenters. The van der Waals surface area contributed by atoms with Crippen molar-refractivity contribution in [2.45, 2.75) is 45.4 Å². The predicted octanol–water partition coefficient (Wildman–Crippen LogP) is 2.69. The van der Waals surface area contributed by atoms with Crippen molar-refractivity contribution in [1.29, 1.82) is 0 Å².